The van der Waals surface area contributed by atoms with Gasteiger partial charge in [-0.15, -0.1) is 22.7 Å². The molecule has 0 unspecified atom stereocenters. The third-order valence-electron chi connectivity index (χ3n) is 13.4. The van der Waals surface area contributed by atoms with Crippen molar-refractivity contribution in [3.05, 3.63) is 165 Å². The van der Waals surface area contributed by atoms with E-state index in [1.165, 1.54) is 40.9 Å². The summed E-state index contributed by atoms with van der Waals surface area (Å²) in [4.78, 5) is 32.7. The van der Waals surface area contributed by atoms with E-state index in [1.54, 1.807) is 24.3 Å². The van der Waals surface area contributed by atoms with Crippen molar-refractivity contribution in [1.82, 2.24) is 9.80 Å². The average Bonchev–Trinajstić information content (AvgIpc) is 3.94. The highest BCUT2D eigenvalue weighted by Gasteiger charge is 2.31. The predicted molar refractivity (Wildman–Crippen MR) is 284 cm³/mol. The van der Waals surface area contributed by atoms with E-state index in [4.69, 9.17) is 9.47 Å². The normalized spacial score (nSPS) is 14.4. The lowest BCUT2D eigenvalue weighted by Crippen LogP contribution is -2.48. The van der Waals surface area contributed by atoms with E-state index < -0.39 is 17.5 Å². The number of carbonyl (C=O) groups excluding carboxylic acids is 2. The zero-order chi connectivity index (χ0) is 52.1. The van der Waals surface area contributed by atoms with Crippen LogP contribution in [0.3, 0.4) is 0 Å². The van der Waals surface area contributed by atoms with Crippen molar-refractivity contribution in [2.24, 2.45) is 11.8 Å². The number of halogens is 5. The number of phenols is 2. The molecular formula is C59H55F5N2O6S2. The van der Waals surface area contributed by atoms with Gasteiger partial charge in [0.25, 0.3) is 0 Å². The minimum absolute atomic E-state index is 0.00629. The van der Waals surface area contributed by atoms with Gasteiger partial charge in [0.05, 0.1) is 41.9 Å². The van der Waals surface area contributed by atoms with Gasteiger partial charge in [-0.05, 0) is 122 Å². The van der Waals surface area contributed by atoms with E-state index in [1.807, 2.05) is 86.6 Å². The Hall–Kier alpha value is -6.65. The minimum Gasteiger partial charge on any atom is -0.508 e. The number of ketones is 2. The molecule has 8 aromatic rings. The fraction of sp³-hybridized carbons (Fsp3) is 0.288. The molecule has 10 rings (SSSR count). The van der Waals surface area contributed by atoms with Gasteiger partial charge in [-0.1, -0.05) is 54.1 Å². The van der Waals surface area contributed by atoms with E-state index >= 15 is 0 Å². The largest absolute Gasteiger partial charge is 0.508 e. The molecular weight excluding hydrogens is 992 g/mol. The summed E-state index contributed by atoms with van der Waals surface area (Å²) >= 11 is 2.60. The van der Waals surface area contributed by atoms with Gasteiger partial charge >= 0.3 is 6.18 Å². The van der Waals surface area contributed by atoms with Crippen molar-refractivity contribution in [1.29, 1.82) is 0 Å². The zero-order valence-corrected chi connectivity index (χ0v) is 42.5. The summed E-state index contributed by atoms with van der Waals surface area (Å²) in [5.74, 6) is 1.67. The Morgan fingerprint density at radius 3 is 1.50 bits per heavy atom. The predicted octanol–water partition coefficient (Wildman–Crippen LogP) is 14.0. The molecule has 2 aliphatic heterocycles. The third-order valence-corrected chi connectivity index (χ3v) is 15.7. The van der Waals surface area contributed by atoms with Gasteiger partial charge in [0, 0.05) is 93.5 Å². The highest BCUT2D eigenvalue weighted by atomic mass is 32.1. The first-order valence-electron chi connectivity index (χ1n) is 24.5. The highest BCUT2D eigenvalue weighted by molar-refractivity contribution is 7.22. The fourth-order valence-electron chi connectivity index (χ4n) is 9.41. The van der Waals surface area contributed by atoms with Gasteiger partial charge in [0.1, 0.15) is 23.0 Å². The summed E-state index contributed by atoms with van der Waals surface area (Å²) in [6, 6.07) is 35.4. The fourth-order valence-corrected chi connectivity index (χ4v) is 11.8. The van der Waals surface area contributed by atoms with Crippen LogP contribution in [0.4, 0.5) is 22.0 Å². The number of rotatable bonds is 18. The molecule has 2 aliphatic rings. The first-order valence-corrected chi connectivity index (χ1v) is 26.2. The zero-order valence-electron chi connectivity index (χ0n) is 40.9. The third kappa shape index (κ3) is 12.0. The summed E-state index contributed by atoms with van der Waals surface area (Å²) in [5.41, 5.74) is 5.24. The van der Waals surface area contributed by atoms with Crippen LogP contribution in [0.15, 0.2) is 127 Å². The van der Waals surface area contributed by atoms with Gasteiger partial charge in [-0.25, -0.2) is 0 Å². The molecule has 2 aromatic heterocycles. The molecule has 8 nitrogen and oxygen atoms in total. The molecule has 0 amide bonds. The van der Waals surface area contributed by atoms with Gasteiger partial charge in [0.2, 0.25) is 11.6 Å². The maximum atomic E-state index is 13.7. The van der Waals surface area contributed by atoms with Crippen LogP contribution in [0.5, 0.6) is 23.0 Å². The molecule has 0 aliphatic carbocycles. The molecule has 2 N–H and O–H groups in total. The van der Waals surface area contributed by atoms with Crippen LogP contribution in [-0.4, -0.2) is 97.4 Å². The van der Waals surface area contributed by atoms with Crippen molar-refractivity contribution in [3.63, 3.8) is 0 Å². The number of likely N-dealkylation sites (tertiary alicyclic amines) is 2. The molecule has 0 saturated carbocycles. The number of alkyl halides is 5. The summed E-state index contributed by atoms with van der Waals surface area (Å²) in [6.07, 6.45) is -2.77. The van der Waals surface area contributed by atoms with E-state index in [-0.39, 0.29) is 48.0 Å². The smallest absolute Gasteiger partial charge is 0.416 e. The van der Waals surface area contributed by atoms with Crippen molar-refractivity contribution in [2.75, 3.05) is 65.8 Å². The van der Waals surface area contributed by atoms with Gasteiger partial charge in [-0.3, -0.25) is 18.4 Å². The van der Waals surface area contributed by atoms with Gasteiger partial charge < -0.3 is 29.5 Å². The monoisotopic (exact) mass is 1050 g/mol. The Balaban J connectivity index is 0.000000182. The molecule has 6 aromatic carbocycles. The number of hydrogen-bond acceptors (Lipinski definition) is 10. The molecule has 0 bridgehead atoms. The van der Waals surface area contributed by atoms with Crippen LogP contribution in [0.25, 0.3) is 42.4 Å². The molecule has 15 heteroatoms. The Labute approximate surface area is 434 Å². The van der Waals surface area contributed by atoms with Crippen molar-refractivity contribution >= 4 is 54.4 Å². The number of aromatic hydroxyl groups is 2. The Morgan fingerprint density at radius 2 is 1.05 bits per heavy atom. The number of carbonyl (C=O) groups is 2. The van der Waals surface area contributed by atoms with Crippen molar-refractivity contribution in [2.45, 2.75) is 32.9 Å². The number of benzene rings is 6. The topological polar surface area (TPSA) is 99.5 Å². The number of phenolic OH excluding ortho intramolecular Hbond substituents is 2. The van der Waals surface area contributed by atoms with E-state index in [0.717, 1.165) is 113 Å². The Morgan fingerprint density at radius 1 is 0.595 bits per heavy atom. The van der Waals surface area contributed by atoms with Crippen molar-refractivity contribution in [3.8, 4) is 45.3 Å². The lowest BCUT2D eigenvalue weighted by molar-refractivity contribution is -0.137. The van der Waals surface area contributed by atoms with Gasteiger partial charge in [0.15, 0.2) is 0 Å². The van der Waals surface area contributed by atoms with Crippen LogP contribution in [0.1, 0.15) is 60.0 Å². The molecule has 2 fully saturated rings. The first-order chi connectivity index (χ1) is 35.6. The maximum Gasteiger partial charge on any atom is 0.416 e. The van der Waals surface area contributed by atoms with Crippen molar-refractivity contribution < 1.29 is 51.2 Å². The second-order valence-electron chi connectivity index (χ2n) is 19.0. The summed E-state index contributed by atoms with van der Waals surface area (Å²) in [7, 11) is 0. The number of ether oxygens (including phenoxy) is 2. The molecule has 384 valence electrons. The maximum absolute atomic E-state index is 13.7. The van der Waals surface area contributed by atoms with Crippen LogP contribution in [0, 0.1) is 25.7 Å². The lowest BCUT2D eigenvalue weighted by atomic mass is 9.95. The summed E-state index contributed by atoms with van der Waals surface area (Å²) in [6.45, 7) is 9.65. The van der Waals surface area contributed by atoms with Crippen LogP contribution in [0.2, 0.25) is 0 Å². The number of aryl methyl sites for hydroxylation is 2. The molecule has 74 heavy (non-hydrogen) atoms. The highest BCUT2D eigenvalue weighted by Crippen LogP contribution is 2.44. The van der Waals surface area contributed by atoms with Crippen LogP contribution >= 0.6 is 22.7 Å². The molecule has 2 saturated heterocycles. The van der Waals surface area contributed by atoms with Crippen LogP contribution in [-0.2, 0) is 6.18 Å². The van der Waals surface area contributed by atoms with E-state index in [0.29, 0.717) is 44.5 Å². The Kier molecular flexibility index (Phi) is 16.1. The Bertz CT molecular complexity index is 3250. The average molecular weight is 1050 g/mol. The number of thiophene rings is 2. The summed E-state index contributed by atoms with van der Waals surface area (Å²) in [5, 5.41) is 21.7. The number of fused-ring (bicyclic) bond motifs is 2. The van der Waals surface area contributed by atoms with Gasteiger partial charge in [-0.2, -0.15) is 13.2 Å². The first kappa shape index (κ1) is 52.2. The number of nitrogens with zero attached hydrogens (tertiary/aromatic N) is 2. The lowest BCUT2D eigenvalue weighted by Gasteiger charge is -2.37. The second kappa shape index (κ2) is 22.9. The quantitative estimate of drug-likeness (QED) is 0.0498. The second-order valence-corrected chi connectivity index (χ2v) is 21.1. The SMILES string of the molecule is Cc1ccc(C)c(C(=O)c2sc3cc(O)ccc3c2-c2ccc(OCCCN3CC(CF)C3)cc2)c1.O=C(c1ccc(C(F)(F)F)cc1)c1sc2cc(O)ccc2c1-c1ccc(OCCCN2CC(CF)C2)cc1. The van der Waals surface area contributed by atoms with Crippen LogP contribution < -0.4 is 9.47 Å². The summed E-state index contributed by atoms with van der Waals surface area (Å²) < 4.78 is 77.4. The molecule has 0 spiro atoms. The molecule has 4 heterocycles. The standard InChI is InChI=1S/C30H30FNO3S.C29H25F4NO3S/c1-19-4-5-20(2)26(14-19)29(34)30-28(25-11-8-23(33)15-27(25)36-30)22-6-9-24(10-7-22)35-13-3-12-32-17-21(16-31)18-32;30-15-18-16-34(17-18)12-1-13-37-23-9-4-19(5-10-23)26-24-11-8-22(35)14-25(24)38-28(26)27(36)20-2-6-21(7-3-20)29(31,32)33/h4-11,14-15,21,33H,3,12-13,16-18H2,1-2H3;2-11,14,18,35H,1,12-13,15-17H2. The molecule has 0 radical (unpaired) electrons. The minimum atomic E-state index is -4.49. The molecule has 0 atom stereocenters. The van der Waals surface area contributed by atoms with E-state index in [2.05, 4.69) is 9.80 Å². The van der Waals surface area contributed by atoms with E-state index in [9.17, 15) is 41.8 Å². The number of hydrogen-bond donors (Lipinski definition) is 2.